The van der Waals surface area contributed by atoms with Crippen LogP contribution in [0.1, 0.15) is 29.3 Å². The molecule has 8 heteroatoms. The monoisotopic (exact) mass is 394 g/mol. The van der Waals surface area contributed by atoms with Crippen molar-refractivity contribution in [2.24, 2.45) is 5.73 Å². The van der Waals surface area contributed by atoms with Crippen LogP contribution in [0.5, 0.6) is 5.75 Å². The van der Waals surface area contributed by atoms with E-state index in [0.29, 0.717) is 18.7 Å². The standard InChI is InChI=1S/C21H26N6O2/c1-3-14-10-23-18-17(14)19(26-13-25-18)27-9-8-21(22,12-27)11-24-20(28)15-4-6-16(29-2)7-5-15/h4-7,10,13H,3,8-9,11-12,22H2,1-2H3,(H,24,28)(H,23,25,26)/t21-/m0/s1. The summed E-state index contributed by atoms with van der Waals surface area (Å²) in [4.78, 5) is 26.7. The smallest absolute Gasteiger partial charge is 0.251 e. The van der Waals surface area contributed by atoms with E-state index in [4.69, 9.17) is 10.5 Å². The minimum absolute atomic E-state index is 0.140. The second-order valence-corrected chi connectivity index (χ2v) is 7.53. The van der Waals surface area contributed by atoms with Crippen LogP contribution in [0.25, 0.3) is 11.0 Å². The number of hydrogen-bond acceptors (Lipinski definition) is 6. The summed E-state index contributed by atoms with van der Waals surface area (Å²) in [6.07, 6.45) is 5.24. The van der Waals surface area contributed by atoms with Gasteiger partial charge in [-0.15, -0.1) is 0 Å². The van der Waals surface area contributed by atoms with Crippen LogP contribution in [0, 0.1) is 0 Å². The van der Waals surface area contributed by atoms with Gasteiger partial charge in [-0.2, -0.15) is 0 Å². The number of aryl methyl sites for hydroxylation is 1. The molecule has 4 N–H and O–H groups in total. The van der Waals surface area contributed by atoms with Gasteiger partial charge in [-0.05, 0) is 42.7 Å². The average Bonchev–Trinajstić information content (AvgIpc) is 3.36. The van der Waals surface area contributed by atoms with Gasteiger partial charge in [0.25, 0.3) is 5.91 Å². The van der Waals surface area contributed by atoms with Gasteiger partial charge in [-0.25, -0.2) is 9.97 Å². The number of carbonyl (C=O) groups excluding carboxylic acids is 1. The SMILES string of the molecule is CCc1c[nH]c2ncnc(N3CC[C@](N)(CNC(=O)c4ccc(OC)cc4)C3)c12. The molecule has 1 aliphatic heterocycles. The van der Waals surface area contributed by atoms with Crippen molar-refractivity contribution in [3.05, 3.63) is 47.9 Å². The number of rotatable bonds is 6. The topological polar surface area (TPSA) is 109 Å². The van der Waals surface area contributed by atoms with E-state index in [1.807, 2.05) is 6.20 Å². The maximum atomic E-state index is 12.5. The number of ether oxygens (including phenoxy) is 1. The average molecular weight is 394 g/mol. The van der Waals surface area contributed by atoms with Gasteiger partial charge in [0, 0.05) is 31.4 Å². The van der Waals surface area contributed by atoms with E-state index in [2.05, 4.69) is 32.1 Å². The molecule has 0 unspecified atom stereocenters. The van der Waals surface area contributed by atoms with Crippen molar-refractivity contribution in [1.82, 2.24) is 20.3 Å². The maximum Gasteiger partial charge on any atom is 0.251 e. The highest BCUT2D eigenvalue weighted by Gasteiger charge is 2.36. The number of hydrogen-bond donors (Lipinski definition) is 3. The van der Waals surface area contributed by atoms with Gasteiger partial charge in [-0.3, -0.25) is 4.79 Å². The first-order valence-electron chi connectivity index (χ1n) is 9.80. The van der Waals surface area contributed by atoms with Gasteiger partial charge >= 0.3 is 0 Å². The lowest BCUT2D eigenvalue weighted by atomic mass is 10.00. The number of nitrogens with one attached hydrogen (secondary N) is 2. The van der Waals surface area contributed by atoms with Crippen molar-refractivity contribution >= 4 is 22.8 Å². The van der Waals surface area contributed by atoms with E-state index in [9.17, 15) is 4.79 Å². The molecule has 0 radical (unpaired) electrons. The molecule has 4 rings (SSSR count). The van der Waals surface area contributed by atoms with Crippen LogP contribution < -0.4 is 20.7 Å². The molecule has 1 fully saturated rings. The van der Waals surface area contributed by atoms with Crippen LogP contribution in [-0.4, -0.2) is 53.1 Å². The van der Waals surface area contributed by atoms with Crippen LogP contribution in [0.3, 0.4) is 0 Å². The zero-order valence-electron chi connectivity index (χ0n) is 16.7. The van der Waals surface area contributed by atoms with Gasteiger partial charge in [0.15, 0.2) is 0 Å². The Morgan fingerprint density at radius 1 is 1.34 bits per heavy atom. The predicted octanol–water partition coefficient (Wildman–Crippen LogP) is 1.87. The van der Waals surface area contributed by atoms with E-state index >= 15 is 0 Å². The van der Waals surface area contributed by atoms with Crippen LogP contribution in [0.2, 0.25) is 0 Å². The molecule has 0 bridgehead atoms. The quantitative estimate of drug-likeness (QED) is 0.589. The minimum atomic E-state index is -0.512. The zero-order chi connectivity index (χ0) is 20.4. The molecule has 3 heterocycles. The fraction of sp³-hybridized carbons (Fsp3) is 0.381. The van der Waals surface area contributed by atoms with Gasteiger partial charge < -0.3 is 25.7 Å². The summed E-state index contributed by atoms with van der Waals surface area (Å²) in [5.74, 6) is 1.48. The summed E-state index contributed by atoms with van der Waals surface area (Å²) in [6.45, 7) is 3.92. The van der Waals surface area contributed by atoms with E-state index in [1.54, 1.807) is 37.7 Å². The third-order valence-corrected chi connectivity index (χ3v) is 5.55. The number of nitrogens with two attached hydrogens (primary N) is 1. The van der Waals surface area contributed by atoms with Crippen LogP contribution in [0.4, 0.5) is 5.82 Å². The number of anilines is 1. The molecule has 29 heavy (non-hydrogen) atoms. The van der Waals surface area contributed by atoms with Crippen LogP contribution >= 0.6 is 0 Å². The summed E-state index contributed by atoms with van der Waals surface area (Å²) in [5.41, 5.74) is 8.73. The van der Waals surface area contributed by atoms with Crippen molar-refractivity contribution in [2.75, 3.05) is 31.6 Å². The largest absolute Gasteiger partial charge is 0.497 e. The molecule has 2 aromatic heterocycles. The first kappa shape index (κ1) is 19.2. The number of benzene rings is 1. The van der Waals surface area contributed by atoms with Gasteiger partial charge in [0.2, 0.25) is 0 Å². The summed E-state index contributed by atoms with van der Waals surface area (Å²) >= 11 is 0. The fourth-order valence-electron chi connectivity index (χ4n) is 3.85. The highest BCUT2D eigenvalue weighted by atomic mass is 16.5. The summed E-state index contributed by atoms with van der Waals surface area (Å²) in [6, 6.07) is 7.03. The zero-order valence-corrected chi connectivity index (χ0v) is 16.7. The minimum Gasteiger partial charge on any atom is -0.497 e. The molecule has 152 valence electrons. The molecule has 1 atom stereocenters. The predicted molar refractivity (Wildman–Crippen MR) is 112 cm³/mol. The second-order valence-electron chi connectivity index (χ2n) is 7.53. The lowest BCUT2D eigenvalue weighted by molar-refractivity contribution is 0.0945. The Morgan fingerprint density at radius 2 is 2.14 bits per heavy atom. The number of H-pyrrole nitrogens is 1. The number of fused-ring (bicyclic) bond motifs is 1. The second kappa shape index (κ2) is 7.71. The lowest BCUT2D eigenvalue weighted by Crippen LogP contribution is -2.52. The normalized spacial score (nSPS) is 18.9. The Hall–Kier alpha value is -3.13. The van der Waals surface area contributed by atoms with E-state index in [0.717, 1.165) is 42.0 Å². The molecule has 0 spiro atoms. The molecule has 1 amide bonds. The lowest BCUT2D eigenvalue weighted by Gasteiger charge is -2.25. The van der Waals surface area contributed by atoms with E-state index < -0.39 is 5.54 Å². The van der Waals surface area contributed by atoms with Crippen molar-refractivity contribution in [3.63, 3.8) is 0 Å². The number of nitrogens with zero attached hydrogens (tertiary/aromatic N) is 3. The molecule has 3 aromatic rings. The van der Waals surface area contributed by atoms with Gasteiger partial charge in [0.05, 0.1) is 18.0 Å². The molecule has 0 saturated carbocycles. The Kier molecular flexibility index (Phi) is 5.10. The third-order valence-electron chi connectivity index (χ3n) is 5.55. The first-order chi connectivity index (χ1) is 14.0. The van der Waals surface area contributed by atoms with Crippen molar-refractivity contribution in [2.45, 2.75) is 25.3 Å². The molecular weight excluding hydrogens is 368 g/mol. The molecule has 1 saturated heterocycles. The summed E-state index contributed by atoms with van der Waals surface area (Å²) in [5, 5.41) is 4.03. The molecule has 1 aromatic carbocycles. The first-order valence-corrected chi connectivity index (χ1v) is 9.80. The van der Waals surface area contributed by atoms with E-state index in [1.165, 1.54) is 5.56 Å². The maximum absolute atomic E-state index is 12.5. The van der Waals surface area contributed by atoms with Crippen LogP contribution in [-0.2, 0) is 6.42 Å². The number of amides is 1. The van der Waals surface area contributed by atoms with Crippen molar-refractivity contribution in [1.29, 1.82) is 0 Å². The highest BCUT2D eigenvalue weighted by molar-refractivity contribution is 5.94. The Bertz CT molecular complexity index is 1020. The summed E-state index contributed by atoms with van der Waals surface area (Å²) < 4.78 is 5.13. The summed E-state index contributed by atoms with van der Waals surface area (Å²) in [7, 11) is 1.60. The Balaban J connectivity index is 1.45. The third kappa shape index (κ3) is 3.75. The highest BCUT2D eigenvalue weighted by Crippen LogP contribution is 2.31. The molecular formula is C21H26N6O2. The number of aromatic amines is 1. The Morgan fingerprint density at radius 3 is 2.86 bits per heavy atom. The van der Waals surface area contributed by atoms with Gasteiger partial charge in [-0.1, -0.05) is 6.92 Å². The molecule has 1 aliphatic rings. The Labute approximate surface area is 169 Å². The van der Waals surface area contributed by atoms with Gasteiger partial charge in [0.1, 0.15) is 23.5 Å². The molecule has 0 aliphatic carbocycles. The molecule has 8 nitrogen and oxygen atoms in total. The van der Waals surface area contributed by atoms with Crippen molar-refractivity contribution < 1.29 is 9.53 Å². The number of methoxy groups -OCH3 is 1. The van der Waals surface area contributed by atoms with E-state index in [-0.39, 0.29) is 5.91 Å². The number of carbonyl (C=O) groups is 1. The number of aromatic nitrogens is 3. The van der Waals surface area contributed by atoms with Crippen LogP contribution in [0.15, 0.2) is 36.8 Å². The fourth-order valence-corrected chi connectivity index (χ4v) is 3.85. The van der Waals surface area contributed by atoms with Crippen molar-refractivity contribution in [3.8, 4) is 5.75 Å².